The van der Waals surface area contributed by atoms with Crippen LogP contribution in [0.4, 0.5) is 5.69 Å². The third-order valence-electron chi connectivity index (χ3n) is 4.07. The fourth-order valence-corrected chi connectivity index (χ4v) is 3.26. The lowest BCUT2D eigenvalue weighted by Gasteiger charge is -2.07. The molecular formula is C21H16BrN3O3. The van der Waals surface area contributed by atoms with Crippen molar-refractivity contribution in [3.63, 3.8) is 0 Å². The van der Waals surface area contributed by atoms with Crippen LogP contribution >= 0.6 is 15.9 Å². The summed E-state index contributed by atoms with van der Waals surface area (Å²) in [5.74, 6) is -0.247. The Morgan fingerprint density at radius 3 is 2.57 bits per heavy atom. The van der Waals surface area contributed by atoms with Crippen molar-refractivity contribution in [2.24, 2.45) is 5.10 Å². The number of para-hydroxylation sites is 1. The molecule has 3 rings (SSSR count). The van der Waals surface area contributed by atoms with Crippen LogP contribution in [0.5, 0.6) is 0 Å². The smallest absolute Gasteiger partial charge is 0.273 e. The molecule has 0 unspecified atom stereocenters. The number of benzene rings is 3. The Hall–Kier alpha value is -3.32. The third kappa shape index (κ3) is 4.69. The molecule has 3 aromatic carbocycles. The number of amides is 1. The van der Waals surface area contributed by atoms with Gasteiger partial charge in [-0.2, -0.15) is 5.10 Å². The molecule has 0 saturated heterocycles. The van der Waals surface area contributed by atoms with E-state index in [1.54, 1.807) is 24.3 Å². The second-order valence-corrected chi connectivity index (χ2v) is 6.77. The van der Waals surface area contributed by atoms with Gasteiger partial charge in [-0.1, -0.05) is 58.4 Å². The molecule has 28 heavy (non-hydrogen) atoms. The standard InChI is InChI=1S/C21H16BrN3O3/c22-19-12-11-16(17-8-2-3-9-18(17)19)14-21(26)24-23-13-5-7-15-6-1-4-10-20(15)25(27)28/h1-13H,14H2,(H,24,26)/b7-5+,23-13+. The summed E-state index contributed by atoms with van der Waals surface area (Å²) in [7, 11) is 0. The Kier molecular flexibility index (Phi) is 6.29. The maximum atomic E-state index is 12.2. The van der Waals surface area contributed by atoms with Crippen molar-refractivity contribution in [1.82, 2.24) is 5.43 Å². The maximum Gasteiger partial charge on any atom is 0.276 e. The summed E-state index contributed by atoms with van der Waals surface area (Å²) >= 11 is 3.52. The molecule has 0 bridgehead atoms. The second-order valence-electron chi connectivity index (χ2n) is 5.92. The predicted octanol–water partition coefficient (Wildman–Crippen LogP) is 4.87. The van der Waals surface area contributed by atoms with Crippen LogP contribution in [-0.2, 0) is 11.2 Å². The summed E-state index contributed by atoms with van der Waals surface area (Å²) in [5.41, 5.74) is 3.85. The van der Waals surface area contributed by atoms with Crippen LogP contribution < -0.4 is 5.43 Å². The van der Waals surface area contributed by atoms with Crippen molar-refractivity contribution >= 4 is 50.6 Å². The van der Waals surface area contributed by atoms with E-state index in [0.717, 1.165) is 20.8 Å². The van der Waals surface area contributed by atoms with E-state index in [-0.39, 0.29) is 18.0 Å². The Balaban J connectivity index is 1.63. The van der Waals surface area contributed by atoms with Gasteiger partial charge in [-0.05, 0) is 40.6 Å². The first kappa shape index (κ1) is 19.4. The highest BCUT2D eigenvalue weighted by molar-refractivity contribution is 9.10. The molecule has 140 valence electrons. The highest BCUT2D eigenvalue weighted by atomic mass is 79.9. The molecule has 0 radical (unpaired) electrons. The fraction of sp³-hybridized carbons (Fsp3) is 0.0476. The summed E-state index contributed by atoms with van der Waals surface area (Å²) in [6.07, 6.45) is 4.68. The van der Waals surface area contributed by atoms with E-state index in [9.17, 15) is 14.9 Å². The summed E-state index contributed by atoms with van der Waals surface area (Å²) in [5, 5.41) is 16.9. The minimum atomic E-state index is -0.443. The molecule has 0 aliphatic carbocycles. The third-order valence-corrected chi connectivity index (χ3v) is 4.76. The van der Waals surface area contributed by atoms with E-state index in [1.807, 2.05) is 36.4 Å². The molecule has 0 aromatic heterocycles. The van der Waals surface area contributed by atoms with E-state index in [1.165, 1.54) is 18.4 Å². The van der Waals surface area contributed by atoms with Crippen LogP contribution in [0.3, 0.4) is 0 Å². The van der Waals surface area contributed by atoms with Crippen molar-refractivity contribution in [1.29, 1.82) is 0 Å². The molecule has 7 heteroatoms. The first-order valence-electron chi connectivity index (χ1n) is 8.44. The van der Waals surface area contributed by atoms with Gasteiger partial charge in [0.05, 0.1) is 16.9 Å². The number of hydrogen-bond donors (Lipinski definition) is 1. The predicted molar refractivity (Wildman–Crippen MR) is 114 cm³/mol. The fourth-order valence-electron chi connectivity index (χ4n) is 2.79. The lowest BCUT2D eigenvalue weighted by molar-refractivity contribution is -0.385. The summed E-state index contributed by atoms with van der Waals surface area (Å²) < 4.78 is 0.977. The average Bonchev–Trinajstić information content (AvgIpc) is 2.70. The number of nitro groups is 1. The van der Waals surface area contributed by atoms with Crippen LogP contribution in [-0.4, -0.2) is 17.0 Å². The van der Waals surface area contributed by atoms with Crippen molar-refractivity contribution < 1.29 is 9.72 Å². The number of carbonyl (C=O) groups excluding carboxylic acids is 1. The normalized spacial score (nSPS) is 11.3. The van der Waals surface area contributed by atoms with Gasteiger partial charge in [-0.25, -0.2) is 5.43 Å². The number of nitrogens with zero attached hydrogens (tertiary/aromatic N) is 2. The first-order valence-corrected chi connectivity index (χ1v) is 9.23. The zero-order chi connectivity index (χ0) is 19.9. The van der Waals surface area contributed by atoms with Gasteiger partial charge in [0.1, 0.15) is 0 Å². The Labute approximate surface area is 169 Å². The first-order chi connectivity index (χ1) is 13.6. The molecule has 6 nitrogen and oxygen atoms in total. The largest absolute Gasteiger partial charge is 0.276 e. The van der Waals surface area contributed by atoms with Crippen molar-refractivity contribution in [2.75, 3.05) is 0 Å². The van der Waals surface area contributed by atoms with E-state index in [0.29, 0.717) is 5.56 Å². The van der Waals surface area contributed by atoms with E-state index < -0.39 is 4.92 Å². The number of allylic oxidation sites excluding steroid dienone is 1. The van der Waals surface area contributed by atoms with Gasteiger partial charge in [-0.3, -0.25) is 14.9 Å². The monoisotopic (exact) mass is 437 g/mol. The van der Waals surface area contributed by atoms with Crippen LogP contribution in [0.15, 0.2) is 76.3 Å². The van der Waals surface area contributed by atoms with Gasteiger partial charge in [0, 0.05) is 16.8 Å². The highest BCUT2D eigenvalue weighted by Crippen LogP contribution is 2.27. The van der Waals surface area contributed by atoms with Crippen molar-refractivity contribution in [3.8, 4) is 0 Å². The van der Waals surface area contributed by atoms with Gasteiger partial charge in [0.15, 0.2) is 0 Å². The Morgan fingerprint density at radius 2 is 1.79 bits per heavy atom. The number of rotatable bonds is 6. The topological polar surface area (TPSA) is 84.6 Å². The van der Waals surface area contributed by atoms with Crippen molar-refractivity contribution in [3.05, 3.63) is 92.5 Å². The second kappa shape index (κ2) is 9.05. The Bertz CT molecular complexity index is 1090. The minimum Gasteiger partial charge on any atom is -0.273 e. The summed E-state index contributed by atoms with van der Waals surface area (Å²) in [6.45, 7) is 0. The lowest BCUT2D eigenvalue weighted by atomic mass is 10.0. The van der Waals surface area contributed by atoms with Gasteiger partial charge in [0.2, 0.25) is 5.91 Å². The zero-order valence-corrected chi connectivity index (χ0v) is 16.3. The molecule has 1 amide bonds. The Morgan fingerprint density at radius 1 is 1.07 bits per heavy atom. The number of carbonyl (C=O) groups is 1. The number of fused-ring (bicyclic) bond motifs is 1. The molecule has 0 fully saturated rings. The molecule has 0 heterocycles. The number of hydrazone groups is 1. The van der Waals surface area contributed by atoms with Crippen LogP contribution in [0.2, 0.25) is 0 Å². The van der Waals surface area contributed by atoms with Gasteiger partial charge >= 0.3 is 0 Å². The molecule has 0 atom stereocenters. The SMILES string of the molecule is O=C(Cc1ccc(Br)c2ccccc12)N/N=C/C=C/c1ccccc1[N+](=O)[O-]. The van der Waals surface area contributed by atoms with Gasteiger partial charge in [-0.15, -0.1) is 0 Å². The highest BCUT2D eigenvalue weighted by Gasteiger charge is 2.09. The van der Waals surface area contributed by atoms with Crippen LogP contribution in [0.1, 0.15) is 11.1 Å². The van der Waals surface area contributed by atoms with Crippen LogP contribution in [0.25, 0.3) is 16.8 Å². The molecule has 3 aromatic rings. The zero-order valence-electron chi connectivity index (χ0n) is 14.7. The lowest BCUT2D eigenvalue weighted by Crippen LogP contribution is -2.19. The van der Waals surface area contributed by atoms with E-state index in [4.69, 9.17) is 0 Å². The summed E-state index contributed by atoms with van der Waals surface area (Å²) in [6, 6.07) is 18.1. The quantitative estimate of drug-likeness (QED) is 0.339. The van der Waals surface area contributed by atoms with E-state index in [2.05, 4.69) is 26.5 Å². The van der Waals surface area contributed by atoms with Crippen molar-refractivity contribution in [2.45, 2.75) is 6.42 Å². The molecular weight excluding hydrogens is 422 g/mol. The van der Waals surface area contributed by atoms with Crippen LogP contribution in [0, 0.1) is 10.1 Å². The number of halogens is 1. The van der Waals surface area contributed by atoms with Gasteiger partial charge < -0.3 is 0 Å². The number of nitrogens with one attached hydrogen (secondary N) is 1. The number of hydrogen-bond acceptors (Lipinski definition) is 4. The molecule has 0 aliphatic rings. The van der Waals surface area contributed by atoms with E-state index >= 15 is 0 Å². The molecule has 0 saturated carbocycles. The number of nitro benzene ring substituents is 1. The van der Waals surface area contributed by atoms with Gasteiger partial charge in [0.25, 0.3) is 5.69 Å². The maximum absolute atomic E-state index is 12.2. The molecule has 0 spiro atoms. The minimum absolute atomic E-state index is 0.0123. The molecule has 0 aliphatic heterocycles. The summed E-state index contributed by atoms with van der Waals surface area (Å²) in [4.78, 5) is 22.7. The molecule has 1 N–H and O–H groups in total. The average molecular weight is 438 g/mol.